The maximum atomic E-state index is 11.8. The molecular formula is C18H13ClO. The van der Waals surface area contributed by atoms with Crippen LogP contribution in [0.2, 0.25) is 5.02 Å². The number of Topliss-reactive ketones (excluding diaryl/α,β-unsaturated/α-hetero) is 1. The number of hydrogen-bond donors (Lipinski definition) is 0. The first-order valence-corrected chi connectivity index (χ1v) is 6.84. The molecule has 98 valence electrons. The van der Waals surface area contributed by atoms with Crippen LogP contribution in [-0.4, -0.2) is 5.78 Å². The van der Waals surface area contributed by atoms with E-state index < -0.39 is 0 Å². The minimum absolute atomic E-state index is 0.0691. The van der Waals surface area contributed by atoms with E-state index in [0.29, 0.717) is 0 Å². The predicted molar refractivity (Wildman–Crippen MR) is 84.4 cm³/mol. The van der Waals surface area contributed by atoms with Gasteiger partial charge in [-0.3, -0.25) is 4.79 Å². The minimum Gasteiger partial charge on any atom is -0.294 e. The van der Waals surface area contributed by atoms with Crippen LogP contribution in [0.4, 0.5) is 0 Å². The summed E-state index contributed by atoms with van der Waals surface area (Å²) in [5.41, 5.74) is 2.73. The van der Waals surface area contributed by atoms with E-state index in [0.717, 1.165) is 32.5 Å². The fourth-order valence-electron chi connectivity index (χ4n) is 2.52. The normalized spacial score (nSPS) is 10.7. The standard InChI is InChI=1S/C18H13ClO/c1-12(20)13-6-2-3-7-14(13)16-10-11-18(19)17-9-5-4-8-15(16)17/h2-11H,1H3. The molecule has 0 aliphatic rings. The first kappa shape index (κ1) is 12.9. The Kier molecular flexibility index (Phi) is 3.29. The maximum Gasteiger partial charge on any atom is 0.160 e. The molecule has 0 aromatic heterocycles. The van der Waals surface area contributed by atoms with Crippen molar-refractivity contribution in [1.82, 2.24) is 0 Å². The van der Waals surface area contributed by atoms with Gasteiger partial charge >= 0.3 is 0 Å². The van der Waals surface area contributed by atoms with Gasteiger partial charge in [-0.05, 0) is 29.5 Å². The monoisotopic (exact) mass is 280 g/mol. The summed E-state index contributed by atoms with van der Waals surface area (Å²) in [6.07, 6.45) is 0. The van der Waals surface area contributed by atoms with Crippen molar-refractivity contribution in [2.45, 2.75) is 6.92 Å². The highest BCUT2D eigenvalue weighted by molar-refractivity contribution is 6.36. The largest absolute Gasteiger partial charge is 0.294 e. The van der Waals surface area contributed by atoms with Crippen molar-refractivity contribution in [3.8, 4) is 11.1 Å². The van der Waals surface area contributed by atoms with Gasteiger partial charge in [0.25, 0.3) is 0 Å². The number of carbonyl (C=O) groups excluding carboxylic acids is 1. The number of ketones is 1. The molecular weight excluding hydrogens is 268 g/mol. The molecule has 0 aliphatic heterocycles. The first-order chi connectivity index (χ1) is 9.68. The SMILES string of the molecule is CC(=O)c1ccccc1-c1ccc(Cl)c2ccccc12. The summed E-state index contributed by atoms with van der Waals surface area (Å²) in [7, 11) is 0. The average Bonchev–Trinajstić information content (AvgIpc) is 2.48. The highest BCUT2D eigenvalue weighted by Crippen LogP contribution is 2.34. The van der Waals surface area contributed by atoms with Gasteiger partial charge in [0.1, 0.15) is 0 Å². The number of fused-ring (bicyclic) bond motifs is 1. The molecule has 0 bridgehead atoms. The van der Waals surface area contributed by atoms with Crippen LogP contribution in [0.15, 0.2) is 60.7 Å². The first-order valence-electron chi connectivity index (χ1n) is 6.46. The Labute approximate surface area is 122 Å². The second-order valence-electron chi connectivity index (χ2n) is 4.74. The lowest BCUT2D eigenvalue weighted by Crippen LogP contribution is -1.96. The van der Waals surface area contributed by atoms with Crippen LogP contribution in [0, 0.1) is 0 Å². The van der Waals surface area contributed by atoms with Crippen LogP contribution < -0.4 is 0 Å². The third-order valence-electron chi connectivity index (χ3n) is 3.47. The Morgan fingerprint density at radius 1 is 0.800 bits per heavy atom. The van der Waals surface area contributed by atoms with Crippen LogP contribution in [0.3, 0.4) is 0 Å². The summed E-state index contributed by atoms with van der Waals surface area (Å²) in [4.78, 5) is 11.8. The Balaban J connectivity index is 2.37. The van der Waals surface area contributed by atoms with Crippen LogP contribution in [-0.2, 0) is 0 Å². The van der Waals surface area contributed by atoms with Gasteiger partial charge in [0, 0.05) is 16.0 Å². The topological polar surface area (TPSA) is 17.1 Å². The van der Waals surface area contributed by atoms with Gasteiger partial charge in [-0.25, -0.2) is 0 Å². The zero-order valence-electron chi connectivity index (χ0n) is 11.1. The molecule has 3 aromatic rings. The summed E-state index contributed by atoms with van der Waals surface area (Å²) in [6.45, 7) is 1.59. The van der Waals surface area contributed by atoms with Crippen LogP contribution in [0.1, 0.15) is 17.3 Å². The second-order valence-corrected chi connectivity index (χ2v) is 5.15. The highest BCUT2D eigenvalue weighted by Gasteiger charge is 2.12. The minimum atomic E-state index is 0.0691. The number of hydrogen-bond acceptors (Lipinski definition) is 1. The molecule has 0 spiro atoms. The number of carbonyl (C=O) groups is 1. The van der Waals surface area contributed by atoms with Gasteiger partial charge in [-0.2, -0.15) is 0 Å². The van der Waals surface area contributed by atoms with Crippen molar-refractivity contribution in [2.24, 2.45) is 0 Å². The van der Waals surface area contributed by atoms with E-state index in [1.807, 2.05) is 60.7 Å². The maximum absolute atomic E-state index is 11.8. The zero-order chi connectivity index (χ0) is 14.1. The van der Waals surface area contributed by atoms with Crippen LogP contribution in [0.25, 0.3) is 21.9 Å². The third kappa shape index (κ3) is 2.10. The molecule has 0 amide bonds. The van der Waals surface area contributed by atoms with E-state index in [9.17, 15) is 4.79 Å². The zero-order valence-corrected chi connectivity index (χ0v) is 11.8. The van der Waals surface area contributed by atoms with Crippen molar-refractivity contribution >= 4 is 28.2 Å². The Bertz CT molecular complexity index is 805. The van der Waals surface area contributed by atoms with E-state index in [1.54, 1.807) is 6.92 Å². The smallest absolute Gasteiger partial charge is 0.160 e. The Morgan fingerprint density at radius 3 is 2.20 bits per heavy atom. The van der Waals surface area contributed by atoms with E-state index in [4.69, 9.17) is 11.6 Å². The average molecular weight is 281 g/mol. The molecule has 0 radical (unpaired) electrons. The van der Waals surface area contributed by atoms with Crippen molar-refractivity contribution in [2.75, 3.05) is 0 Å². The summed E-state index contributed by atoms with van der Waals surface area (Å²) < 4.78 is 0. The molecule has 0 saturated carbocycles. The van der Waals surface area contributed by atoms with Crippen molar-refractivity contribution in [3.05, 3.63) is 71.2 Å². The Morgan fingerprint density at radius 2 is 1.45 bits per heavy atom. The fourth-order valence-corrected chi connectivity index (χ4v) is 2.75. The van der Waals surface area contributed by atoms with Crippen LogP contribution in [0.5, 0.6) is 0 Å². The molecule has 0 fully saturated rings. The number of benzene rings is 3. The highest BCUT2D eigenvalue weighted by atomic mass is 35.5. The number of rotatable bonds is 2. The van der Waals surface area contributed by atoms with E-state index in [-0.39, 0.29) is 5.78 Å². The van der Waals surface area contributed by atoms with Crippen molar-refractivity contribution in [1.29, 1.82) is 0 Å². The summed E-state index contributed by atoms with van der Waals surface area (Å²) >= 11 is 6.25. The van der Waals surface area contributed by atoms with Crippen molar-refractivity contribution < 1.29 is 4.79 Å². The molecule has 0 atom stereocenters. The van der Waals surface area contributed by atoms with Gasteiger partial charge in [0.05, 0.1) is 0 Å². The Hall–Kier alpha value is -2.12. The molecule has 0 N–H and O–H groups in total. The van der Waals surface area contributed by atoms with E-state index in [1.165, 1.54) is 0 Å². The number of halogens is 1. The lowest BCUT2D eigenvalue weighted by Gasteiger charge is -2.11. The molecule has 3 rings (SSSR count). The molecule has 3 aromatic carbocycles. The van der Waals surface area contributed by atoms with Crippen LogP contribution >= 0.6 is 11.6 Å². The van der Waals surface area contributed by atoms with Gasteiger partial charge in [0.2, 0.25) is 0 Å². The predicted octanol–water partition coefficient (Wildman–Crippen LogP) is 5.36. The third-order valence-corrected chi connectivity index (χ3v) is 3.80. The quantitative estimate of drug-likeness (QED) is 0.577. The van der Waals surface area contributed by atoms with E-state index in [2.05, 4.69) is 0 Å². The molecule has 20 heavy (non-hydrogen) atoms. The molecule has 2 heteroatoms. The van der Waals surface area contributed by atoms with Gasteiger partial charge in [-0.1, -0.05) is 66.2 Å². The molecule has 0 heterocycles. The van der Waals surface area contributed by atoms with Gasteiger partial charge in [-0.15, -0.1) is 0 Å². The molecule has 0 unspecified atom stereocenters. The lowest BCUT2D eigenvalue weighted by molar-refractivity contribution is 0.101. The van der Waals surface area contributed by atoms with Gasteiger partial charge < -0.3 is 0 Å². The molecule has 1 nitrogen and oxygen atoms in total. The molecule has 0 saturated heterocycles. The summed E-state index contributed by atoms with van der Waals surface area (Å²) in [5, 5.41) is 2.79. The van der Waals surface area contributed by atoms with E-state index >= 15 is 0 Å². The lowest BCUT2D eigenvalue weighted by atomic mass is 9.93. The van der Waals surface area contributed by atoms with Crippen molar-refractivity contribution in [3.63, 3.8) is 0 Å². The second kappa shape index (κ2) is 5.10. The molecule has 0 aliphatic carbocycles. The summed E-state index contributed by atoms with van der Waals surface area (Å²) in [6, 6.07) is 19.5. The summed E-state index contributed by atoms with van der Waals surface area (Å²) in [5.74, 6) is 0.0691. The fraction of sp³-hybridized carbons (Fsp3) is 0.0556. The van der Waals surface area contributed by atoms with Gasteiger partial charge in [0.15, 0.2) is 5.78 Å².